The summed E-state index contributed by atoms with van der Waals surface area (Å²) in [5.41, 5.74) is 3.94. The molecule has 0 spiro atoms. The number of nitrogens with zero attached hydrogens (tertiary/aromatic N) is 3. The lowest BCUT2D eigenvalue weighted by molar-refractivity contribution is 0.122. The maximum Gasteiger partial charge on any atom is 0.414 e. The minimum atomic E-state index is -3.61. The largest absolute Gasteiger partial charge is 0.446 e. The van der Waals surface area contributed by atoms with Gasteiger partial charge in [-0.2, -0.15) is 12.7 Å². The van der Waals surface area contributed by atoms with E-state index in [0.29, 0.717) is 12.2 Å². The van der Waals surface area contributed by atoms with E-state index in [-0.39, 0.29) is 18.2 Å². The molecule has 0 aromatic heterocycles. The third-order valence-electron chi connectivity index (χ3n) is 5.38. The van der Waals surface area contributed by atoms with Crippen LogP contribution in [0.3, 0.4) is 0 Å². The number of ether oxygens (including phenoxy) is 1. The Balaban J connectivity index is 2.02. The van der Waals surface area contributed by atoms with E-state index in [4.69, 9.17) is 4.74 Å². The fourth-order valence-corrected chi connectivity index (χ4v) is 4.39. The standard InChI is InChI=1S/C23H32N4O4S/c1-7-26-17(4)15-27(23(28)31-16(2)3)22-14-19(11-12-21(22)26)18-9-8-10-20(13-18)24-32(29,30)25(5)6/h8-14,16-17,24H,7,15H2,1-6H3. The molecule has 174 valence electrons. The molecule has 1 aliphatic rings. The molecule has 1 amide bonds. The number of likely N-dealkylation sites (N-methyl/N-ethyl adjacent to an activating group) is 1. The van der Waals surface area contributed by atoms with Crippen molar-refractivity contribution in [2.75, 3.05) is 41.7 Å². The van der Waals surface area contributed by atoms with Gasteiger partial charge in [0.1, 0.15) is 0 Å². The van der Waals surface area contributed by atoms with Crippen molar-refractivity contribution in [2.24, 2.45) is 0 Å². The molecular formula is C23H32N4O4S. The van der Waals surface area contributed by atoms with Gasteiger partial charge in [-0.25, -0.2) is 4.79 Å². The van der Waals surface area contributed by atoms with Crippen LogP contribution in [0.15, 0.2) is 42.5 Å². The molecule has 1 heterocycles. The molecule has 0 radical (unpaired) electrons. The molecule has 0 saturated heterocycles. The molecule has 1 aliphatic heterocycles. The first-order valence-electron chi connectivity index (χ1n) is 10.7. The van der Waals surface area contributed by atoms with Gasteiger partial charge in [-0.3, -0.25) is 9.62 Å². The Bertz CT molecular complexity index is 1090. The summed E-state index contributed by atoms with van der Waals surface area (Å²) < 4.78 is 33.6. The van der Waals surface area contributed by atoms with E-state index in [2.05, 4.69) is 23.5 Å². The number of hydrogen-bond donors (Lipinski definition) is 1. The van der Waals surface area contributed by atoms with E-state index >= 15 is 0 Å². The van der Waals surface area contributed by atoms with Gasteiger partial charge in [0.05, 0.1) is 23.2 Å². The summed E-state index contributed by atoms with van der Waals surface area (Å²) in [6, 6.07) is 13.3. The molecule has 0 bridgehead atoms. The number of amides is 1. The molecule has 1 unspecified atom stereocenters. The second-order valence-electron chi connectivity index (χ2n) is 8.35. The van der Waals surface area contributed by atoms with E-state index in [0.717, 1.165) is 33.4 Å². The summed E-state index contributed by atoms with van der Waals surface area (Å²) in [5.74, 6) is 0. The zero-order valence-electron chi connectivity index (χ0n) is 19.5. The van der Waals surface area contributed by atoms with Crippen LogP contribution in [-0.4, -0.2) is 58.1 Å². The van der Waals surface area contributed by atoms with Gasteiger partial charge in [0.2, 0.25) is 0 Å². The van der Waals surface area contributed by atoms with Crippen molar-refractivity contribution in [2.45, 2.75) is 39.8 Å². The normalized spacial score (nSPS) is 16.3. The first-order chi connectivity index (χ1) is 15.0. The molecule has 2 aromatic carbocycles. The topological polar surface area (TPSA) is 82.2 Å². The highest BCUT2D eigenvalue weighted by molar-refractivity contribution is 7.90. The summed E-state index contributed by atoms with van der Waals surface area (Å²) in [6.07, 6.45) is -0.580. The van der Waals surface area contributed by atoms with Gasteiger partial charge < -0.3 is 9.64 Å². The SMILES string of the molecule is CCN1c2ccc(-c3cccc(NS(=O)(=O)N(C)C)c3)cc2N(C(=O)OC(C)C)CC1C. The average molecular weight is 461 g/mol. The quantitative estimate of drug-likeness (QED) is 0.700. The number of carbonyl (C=O) groups is 1. The second-order valence-corrected chi connectivity index (χ2v) is 10.2. The number of carbonyl (C=O) groups excluding carboxylic acids is 1. The van der Waals surface area contributed by atoms with E-state index in [9.17, 15) is 13.2 Å². The third kappa shape index (κ3) is 4.99. The predicted octanol–water partition coefficient (Wildman–Crippen LogP) is 4.15. The molecule has 1 N–H and O–H groups in total. The van der Waals surface area contributed by atoms with Gasteiger partial charge in [-0.15, -0.1) is 0 Å². The van der Waals surface area contributed by atoms with Crippen LogP contribution in [0.5, 0.6) is 0 Å². The summed E-state index contributed by atoms with van der Waals surface area (Å²) in [6.45, 7) is 9.20. The van der Waals surface area contributed by atoms with Crippen LogP contribution >= 0.6 is 0 Å². The van der Waals surface area contributed by atoms with Crippen molar-refractivity contribution in [3.8, 4) is 11.1 Å². The highest BCUT2D eigenvalue weighted by atomic mass is 32.2. The van der Waals surface area contributed by atoms with Crippen LogP contribution in [0.4, 0.5) is 21.9 Å². The molecule has 3 rings (SSSR count). The average Bonchev–Trinajstić information content (AvgIpc) is 2.72. The number of benzene rings is 2. The predicted molar refractivity (Wildman–Crippen MR) is 130 cm³/mol. The summed E-state index contributed by atoms with van der Waals surface area (Å²) in [5, 5.41) is 0. The Morgan fingerprint density at radius 2 is 1.84 bits per heavy atom. The highest BCUT2D eigenvalue weighted by Gasteiger charge is 2.32. The van der Waals surface area contributed by atoms with Gasteiger partial charge in [0.25, 0.3) is 0 Å². The zero-order chi connectivity index (χ0) is 23.6. The zero-order valence-corrected chi connectivity index (χ0v) is 20.3. The second kappa shape index (κ2) is 9.38. The van der Waals surface area contributed by atoms with Gasteiger partial charge >= 0.3 is 16.3 Å². The van der Waals surface area contributed by atoms with Crippen molar-refractivity contribution in [1.82, 2.24) is 4.31 Å². The lowest BCUT2D eigenvalue weighted by Crippen LogP contribution is -2.50. The lowest BCUT2D eigenvalue weighted by atomic mass is 10.0. The van der Waals surface area contributed by atoms with Crippen molar-refractivity contribution in [1.29, 1.82) is 0 Å². The van der Waals surface area contributed by atoms with Crippen molar-refractivity contribution >= 4 is 33.4 Å². The highest BCUT2D eigenvalue weighted by Crippen LogP contribution is 2.39. The van der Waals surface area contributed by atoms with Gasteiger partial charge in [-0.05, 0) is 63.1 Å². The maximum atomic E-state index is 12.8. The van der Waals surface area contributed by atoms with E-state index in [1.54, 1.807) is 23.1 Å². The Morgan fingerprint density at radius 3 is 2.47 bits per heavy atom. The fraction of sp³-hybridized carbons (Fsp3) is 0.435. The van der Waals surface area contributed by atoms with Crippen LogP contribution in [0.2, 0.25) is 0 Å². The number of anilines is 3. The third-order valence-corrected chi connectivity index (χ3v) is 6.83. The molecule has 1 atom stereocenters. The minimum Gasteiger partial charge on any atom is -0.446 e. The summed E-state index contributed by atoms with van der Waals surface area (Å²) in [4.78, 5) is 16.8. The molecule has 0 fully saturated rings. The number of hydrogen-bond acceptors (Lipinski definition) is 5. The number of fused-ring (bicyclic) bond motifs is 1. The first kappa shape index (κ1) is 23.9. The minimum absolute atomic E-state index is 0.154. The van der Waals surface area contributed by atoms with E-state index < -0.39 is 10.2 Å². The Kier molecular flexibility index (Phi) is 7.00. The van der Waals surface area contributed by atoms with E-state index in [1.807, 2.05) is 38.1 Å². The smallest absolute Gasteiger partial charge is 0.414 e. The molecule has 9 heteroatoms. The number of nitrogens with one attached hydrogen (secondary N) is 1. The van der Waals surface area contributed by atoms with Crippen LogP contribution in [0.1, 0.15) is 27.7 Å². The van der Waals surface area contributed by atoms with E-state index in [1.165, 1.54) is 14.1 Å². The number of rotatable bonds is 6. The van der Waals surface area contributed by atoms with Crippen molar-refractivity contribution in [3.63, 3.8) is 0 Å². The maximum absolute atomic E-state index is 12.8. The first-order valence-corrected chi connectivity index (χ1v) is 12.2. The molecule has 0 aliphatic carbocycles. The van der Waals surface area contributed by atoms with Crippen LogP contribution in [-0.2, 0) is 14.9 Å². The van der Waals surface area contributed by atoms with Crippen LogP contribution in [0.25, 0.3) is 11.1 Å². The van der Waals surface area contributed by atoms with Crippen LogP contribution < -0.4 is 14.5 Å². The monoisotopic (exact) mass is 460 g/mol. The Morgan fingerprint density at radius 1 is 1.16 bits per heavy atom. The van der Waals surface area contributed by atoms with Crippen LogP contribution in [0, 0.1) is 0 Å². The molecular weight excluding hydrogens is 428 g/mol. The summed E-state index contributed by atoms with van der Waals surface area (Å²) in [7, 11) is -0.659. The van der Waals surface area contributed by atoms with Gasteiger partial charge in [0.15, 0.2) is 0 Å². The molecule has 0 saturated carbocycles. The Hall–Kier alpha value is -2.78. The summed E-state index contributed by atoms with van der Waals surface area (Å²) >= 11 is 0. The van der Waals surface area contributed by atoms with Gasteiger partial charge in [0, 0.05) is 33.2 Å². The van der Waals surface area contributed by atoms with Crippen molar-refractivity contribution in [3.05, 3.63) is 42.5 Å². The van der Waals surface area contributed by atoms with Gasteiger partial charge in [-0.1, -0.05) is 18.2 Å². The molecule has 32 heavy (non-hydrogen) atoms. The molecule has 8 nitrogen and oxygen atoms in total. The fourth-order valence-electron chi connectivity index (χ4n) is 3.78. The van der Waals surface area contributed by atoms with Crippen molar-refractivity contribution < 1.29 is 17.9 Å². The Labute approximate surface area is 190 Å². The lowest BCUT2D eigenvalue weighted by Gasteiger charge is -2.41. The molecule has 2 aromatic rings.